The summed E-state index contributed by atoms with van der Waals surface area (Å²) in [5.74, 6) is 0. The Labute approximate surface area is 98.2 Å². The lowest BCUT2D eigenvalue weighted by Crippen LogP contribution is -2.06. The molecule has 0 aliphatic rings. The van der Waals surface area contributed by atoms with Gasteiger partial charge in [-0.2, -0.15) is 0 Å². The molecule has 0 amide bonds. The lowest BCUT2D eigenvalue weighted by atomic mass is 10.0. The normalized spacial score (nSPS) is 10.4. The second-order valence-corrected chi connectivity index (χ2v) is 4.21. The number of H-pyrrole nitrogens is 2. The van der Waals surface area contributed by atoms with Crippen LogP contribution in [0.1, 0.15) is 11.1 Å². The fourth-order valence-corrected chi connectivity index (χ4v) is 1.74. The topological polar surface area (TPSA) is 48.6 Å². The molecule has 1 heterocycles. The highest BCUT2D eigenvalue weighted by Gasteiger charge is 2.01. The molecular formula is C12H12N2OS. The standard InChI is InChI=1S/C12H12N2OS/c1-7-3-4-9(5-8(7)2)10-6-11(15)14-12(16)13-10/h3-6H,1-2H3,(H2,13,14,15,16). The zero-order valence-electron chi connectivity index (χ0n) is 9.13. The summed E-state index contributed by atoms with van der Waals surface area (Å²) in [4.78, 5) is 16.8. The molecule has 0 aliphatic carbocycles. The van der Waals surface area contributed by atoms with E-state index in [1.165, 1.54) is 17.2 Å². The number of nitrogens with one attached hydrogen (secondary N) is 2. The number of hydrogen-bond donors (Lipinski definition) is 2. The molecule has 2 N–H and O–H groups in total. The van der Waals surface area contributed by atoms with Crippen LogP contribution in [0.15, 0.2) is 29.1 Å². The largest absolute Gasteiger partial charge is 0.332 e. The Balaban J connectivity index is 2.63. The second kappa shape index (κ2) is 4.06. The van der Waals surface area contributed by atoms with Gasteiger partial charge in [-0.25, -0.2) is 0 Å². The maximum absolute atomic E-state index is 11.3. The Morgan fingerprint density at radius 2 is 1.81 bits per heavy atom. The predicted molar refractivity (Wildman–Crippen MR) is 67.2 cm³/mol. The molecule has 1 aromatic heterocycles. The van der Waals surface area contributed by atoms with Crippen molar-refractivity contribution in [2.24, 2.45) is 0 Å². The van der Waals surface area contributed by atoms with Gasteiger partial charge >= 0.3 is 0 Å². The first-order valence-corrected chi connectivity index (χ1v) is 5.38. The van der Waals surface area contributed by atoms with Gasteiger partial charge in [0.15, 0.2) is 4.77 Å². The second-order valence-electron chi connectivity index (χ2n) is 3.80. The monoisotopic (exact) mass is 232 g/mol. The summed E-state index contributed by atoms with van der Waals surface area (Å²) in [6, 6.07) is 7.56. The van der Waals surface area contributed by atoms with E-state index in [0.717, 1.165) is 11.3 Å². The number of aryl methyl sites for hydroxylation is 2. The molecule has 16 heavy (non-hydrogen) atoms. The van der Waals surface area contributed by atoms with Gasteiger partial charge in [0, 0.05) is 6.07 Å². The summed E-state index contributed by atoms with van der Waals surface area (Å²) in [6.45, 7) is 4.10. The minimum atomic E-state index is -0.183. The molecule has 2 rings (SSSR count). The lowest BCUT2D eigenvalue weighted by Gasteiger charge is -2.05. The van der Waals surface area contributed by atoms with Gasteiger partial charge in [-0.3, -0.25) is 9.78 Å². The molecule has 0 spiro atoms. The van der Waals surface area contributed by atoms with Gasteiger partial charge in [-0.1, -0.05) is 12.1 Å². The number of hydrogen-bond acceptors (Lipinski definition) is 2. The van der Waals surface area contributed by atoms with Crippen LogP contribution in [-0.4, -0.2) is 9.97 Å². The van der Waals surface area contributed by atoms with Gasteiger partial charge in [0.1, 0.15) is 0 Å². The van der Waals surface area contributed by atoms with Crippen LogP contribution in [0.2, 0.25) is 0 Å². The van der Waals surface area contributed by atoms with Gasteiger partial charge in [-0.05, 0) is 48.8 Å². The molecule has 0 saturated carbocycles. The van der Waals surface area contributed by atoms with Crippen LogP contribution in [0.5, 0.6) is 0 Å². The third kappa shape index (κ3) is 2.12. The van der Waals surface area contributed by atoms with Crippen molar-refractivity contribution in [1.29, 1.82) is 0 Å². The molecule has 0 aliphatic heterocycles. The van der Waals surface area contributed by atoms with Crippen molar-refractivity contribution >= 4 is 12.2 Å². The summed E-state index contributed by atoms with van der Waals surface area (Å²) in [5, 5.41) is 0. The third-order valence-corrected chi connectivity index (χ3v) is 2.78. The summed E-state index contributed by atoms with van der Waals surface area (Å²) in [6.07, 6.45) is 0. The summed E-state index contributed by atoms with van der Waals surface area (Å²) < 4.78 is 0.348. The molecule has 0 bridgehead atoms. The van der Waals surface area contributed by atoms with Crippen LogP contribution < -0.4 is 5.56 Å². The van der Waals surface area contributed by atoms with Gasteiger partial charge in [0.05, 0.1) is 5.69 Å². The van der Waals surface area contributed by atoms with Crippen molar-refractivity contribution < 1.29 is 0 Å². The van der Waals surface area contributed by atoms with E-state index in [2.05, 4.69) is 16.9 Å². The predicted octanol–water partition coefficient (Wildman–Crippen LogP) is 2.72. The average molecular weight is 232 g/mol. The highest BCUT2D eigenvalue weighted by molar-refractivity contribution is 7.71. The molecule has 4 heteroatoms. The fraction of sp³-hybridized carbons (Fsp3) is 0.167. The fourth-order valence-electron chi connectivity index (χ4n) is 1.53. The molecule has 0 atom stereocenters. The smallest absolute Gasteiger partial charge is 0.252 e. The summed E-state index contributed by atoms with van der Waals surface area (Å²) >= 11 is 4.93. The van der Waals surface area contributed by atoms with Crippen LogP contribution >= 0.6 is 12.2 Å². The first-order chi connectivity index (χ1) is 7.56. The van der Waals surface area contributed by atoms with Gasteiger partial charge in [0.2, 0.25) is 0 Å². The quantitative estimate of drug-likeness (QED) is 0.743. The number of aromatic nitrogens is 2. The first kappa shape index (κ1) is 10.8. The van der Waals surface area contributed by atoms with Crippen molar-refractivity contribution in [3.05, 3.63) is 50.5 Å². The lowest BCUT2D eigenvalue weighted by molar-refractivity contribution is 1.09. The molecule has 2 aromatic rings. The van der Waals surface area contributed by atoms with Gasteiger partial charge in [-0.15, -0.1) is 0 Å². The molecule has 0 fully saturated rings. The first-order valence-electron chi connectivity index (χ1n) is 4.97. The van der Waals surface area contributed by atoms with Crippen LogP contribution in [-0.2, 0) is 0 Å². The minimum Gasteiger partial charge on any atom is -0.332 e. The molecule has 0 saturated heterocycles. The highest BCUT2D eigenvalue weighted by Crippen LogP contribution is 2.18. The van der Waals surface area contributed by atoms with Crippen molar-refractivity contribution in [3.63, 3.8) is 0 Å². The van der Waals surface area contributed by atoms with Crippen molar-refractivity contribution in [1.82, 2.24) is 9.97 Å². The molecule has 0 radical (unpaired) electrons. The van der Waals surface area contributed by atoms with E-state index < -0.39 is 0 Å². The Hall–Kier alpha value is -1.68. The van der Waals surface area contributed by atoms with E-state index in [0.29, 0.717) is 4.77 Å². The molecular weight excluding hydrogens is 220 g/mol. The zero-order chi connectivity index (χ0) is 11.7. The molecule has 1 aromatic carbocycles. The van der Waals surface area contributed by atoms with E-state index in [1.54, 1.807) is 0 Å². The van der Waals surface area contributed by atoms with E-state index in [-0.39, 0.29) is 5.56 Å². The molecule has 0 unspecified atom stereocenters. The number of aromatic amines is 2. The SMILES string of the molecule is Cc1ccc(-c2cc(=O)[nH]c(=S)[nH]2)cc1C. The number of rotatable bonds is 1. The Morgan fingerprint density at radius 1 is 1.06 bits per heavy atom. The van der Waals surface area contributed by atoms with Gasteiger partial charge in [0.25, 0.3) is 5.56 Å². The van der Waals surface area contributed by atoms with Crippen molar-refractivity contribution in [2.75, 3.05) is 0 Å². The maximum atomic E-state index is 11.3. The van der Waals surface area contributed by atoms with E-state index in [1.807, 2.05) is 25.1 Å². The average Bonchev–Trinajstić information content (AvgIpc) is 2.20. The van der Waals surface area contributed by atoms with Crippen LogP contribution in [0.25, 0.3) is 11.3 Å². The van der Waals surface area contributed by atoms with Crippen molar-refractivity contribution in [2.45, 2.75) is 13.8 Å². The van der Waals surface area contributed by atoms with Crippen LogP contribution in [0.3, 0.4) is 0 Å². The number of benzene rings is 1. The zero-order valence-corrected chi connectivity index (χ0v) is 9.94. The van der Waals surface area contributed by atoms with E-state index in [4.69, 9.17) is 12.2 Å². The molecule has 3 nitrogen and oxygen atoms in total. The van der Waals surface area contributed by atoms with E-state index in [9.17, 15) is 4.79 Å². The minimum absolute atomic E-state index is 0.183. The maximum Gasteiger partial charge on any atom is 0.252 e. The van der Waals surface area contributed by atoms with Crippen LogP contribution in [0, 0.1) is 18.6 Å². The Bertz CT molecular complexity index is 612. The third-order valence-electron chi connectivity index (χ3n) is 2.58. The van der Waals surface area contributed by atoms with E-state index >= 15 is 0 Å². The Morgan fingerprint density at radius 3 is 2.44 bits per heavy atom. The summed E-state index contributed by atoms with van der Waals surface area (Å²) in [5.41, 5.74) is 3.96. The highest BCUT2D eigenvalue weighted by atomic mass is 32.1. The summed E-state index contributed by atoms with van der Waals surface area (Å²) in [7, 11) is 0. The van der Waals surface area contributed by atoms with Gasteiger partial charge < -0.3 is 4.98 Å². The molecule has 82 valence electrons. The van der Waals surface area contributed by atoms with Crippen molar-refractivity contribution in [3.8, 4) is 11.3 Å². The van der Waals surface area contributed by atoms with Crippen LogP contribution in [0.4, 0.5) is 0 Å². The Kier molecular flexibility index (Phi) is 2.75.